The minimum absolute atomic E-state index is 0.785. The molecule has 0 aliphatic heterocycles. The van der Waals surface area contributed by atoms with Gasteiger partial charge in [0.1, 0.15) is 32.0 Å². The van der Waals surface area contributed by atoms with E-state index in [9.17, 15) is 0 Å². The summed E-state index contributed by atoms with van der Waals surface area (Å²) in [6.07, 6.45) is 15.4. The quantitative estimate of drug-likeness (QED) is 0.374. The zero-order valence-corrected chi connectivity index (χ0v) is 15.8. The maximum absolute atomic E-state index is 5.23. The standard InChI is InChI=1S/C11H13N3Si.C8H5N3/c1-15(2,3)5-4-9-6-13-11-10(9)7-12-8-14-11;1-2-6-3-10-8-7(6)4-9-5-11-8/h6-8H,1-3H3,(H,12,13,14);1,3-5H,(H,9,10,11). The predicted octanol–water partition coefficient (Wildman–Crippen LogP) is 3.13. The number of terminal acetylenes is 1. The fourth-order valence-electron chi connectivity index (χ4n) is 2.20. The average molecular weight is 358 g/mol. The second-order valence-electron chi connectivity index (χ2n) is 6.62. The normalized spacial score (nSPS) is 10.5. The molecule has 26 heavy (non-hydrogen) atoms. The van der Waals surface area contributed by atoms with Gasteiger partial charge in [0.25, 0.3) is 0 Å². The third-order valence-electron chi connectivity index (χ3n) is 3.44. The molecule has 0 aliphatic rings. The van der Waals surface area contributed by atoms with E-state index in [2.05, 4.69) is 66.9 Å². The van der Waals surface area contributed by atoms with Crippen LogP contribution in [0.3, 0.4) is 0 Å². The lowest BCUT2D eigenvalue weighted by Crippen LogP contribution is -2.16. The number of rotatable bonds is 0. The molecule has 0 fully saturated rings. The first-order valence-electron chi connectivity index (χ1n) is 8.02. The van der Waals surface area contributed by atoms with E-state index in [1.807, 2.05) is 6.20 Å². The first kappa shape index (κ1) is 17.4. The molecule has 0 bridgehead atoms. The Bertz CT molecular complexity index is 1150. The van der Waals surface area contributed by atoms with Gasteiger partial charge >= 0.3 is 0 Å². The molecule has 0 spiro atoms. The summed E-state index contributed by atoms with van der Waals surface area (Å²) in [6.45, 7) is 6.68. The molecule has 6 nitrogen and oxygen atoms in total. The van der Waals surface area contributed by atoms with Gasteiger partial charge < -0.3 is 9.97 Å². The highest BCUT2D eigenvalue weighted by Crippen LogP contribution is 2.13. The Morgan fingerprint density at radius 3 is 1.96 bits per heavy atom. The summed E-state index contributed by atoms with van der Waals surface area (Å²) in [4.78, 5) is 22.0. The van der Waals surface area contributed by atoms with Crippen LogP contribution < -0.4 is 0 Å². The maximum atomic E-state index is 5.23. The molecule has 4 heterocycles. The van der Waals surface area contributed by atoms with Crippen LogP contribution in [0.4, 0.5) is 0 Å². The van der Waals surface area contributed by atoms with Crippen LogP contribution in [0.15, 0.2) is 37.4 Å². The van der Waals surface area contributed by atoms with Crippen molar-refractivity contribution >= 4 is 30.1 Å². The minimum Gasteiger partial charge on any atom is -0.345 e. The third-order valence-corrected chi connectivity index (χ3v) is 4.31. The van der Waals surface area contributed by atoms with Crippen molar-refractivity contribution in [2.75, 3.05) is 0 Å². The molecule has 0 aliphatic carbocycles. The first-order chi connectivity index (χ1) is 12.5. The Balaban J connectivity index is 0.000000158. The van der Waals surface area contributed by atoms with Crippen LogP contribution in [0.25, 0.3) is 22.1 Å². The Morgan fingerprint density at radius 1 is 0.885 bits per heavy atom. The zero-order valence-electron chi connectivity index (χ0n) is 14.8. The van der Waals surface area contributed by atoms with Gasteiger partial charge in [-0.25, -0.2) is 19.9 Å². The van der Waals surface area contributed by atoms with Crippen LogP contribution in [-0.4, -0.2) is 38.0 Å². The van der Waals surface area contributed by atoms with Gasteiger partial charge in [-0.3, -0.25) is 0 Å². The second-order valence-corrected chi connectivity index (χ2v) is 11.4. The van der Waals surface area contributed by atoms with Gasteiger partial charge in [0, 0.05) is 24.8 Å². The molecular formula is C19H18N6Si. The molecule has 0 unspecified atom stereocenters. The topological polar surface area (TPSA) is 83.1 Å². The molecule has 0 radical (unpaired) electrons. The lowest BCUT2D eigenvalue weighted by Gasteiger charge is -2.02. The Kier molecular flexibility index (Phi) is 4.83. The Hall–Kier alpha value is -3.42. The van der Waals surface area contributed by atoms with E-state index >= 15 is 0 Å². The fraction of sp³-hybridized carbons (Fsp3) is 0.158. The average Bonchev–Trinajstić information content (AvgIpc) is 3.24. The van der Waals surface area contributed by atoms with Gasteiger partial charge in [0.15, 0.2) is 0 Å². The molecule has 4 aromatic rings. The van der Waals surface area contributed by atoms with Crippen LogP contribution in [0.1, 0.15) is 11.1 Å². The second kappa shape index (κ2) is 7.22. The van der Waals surface area contributed by atoms with Crippen molar-refractivity contribution in [3.8, 4) is 23.8 Å². The number of H-pyrrole nitrogens is 2. The fourth-order valence-corrected chi connectivity index (χ4v) is 2.71. The van der Waals surface area contributed by atoms with Crippen molar-refractivity contribution in [1.82, 2.24) is 29.9 Å². The number of aromatic nitrogens is 6. The summed E-state index contributed by atoms with van der Waals surface area (Å²) in [7, 11) is -1.32. The van der Waals surface area contributed by atoms with Crippen LogP contribution in [-0.2, 0) is 0 Å². The van der Waals surface area contributed by atoms with E-state index in [1.54, 1.807) is 18.6 Å². The van der Waals surface area contributed by atoms with Gasteiger partial charge in [-0.15, -0.1) is 12.0 Å². The van der Waals surface area contributed by atoms with E-state index in [4.69, 9.17) is 6.42 Å². The Labute approximate surface area is 152 Å². The van der Waals surface area contributed by atoms with Crippen LogP contribution >= 0.6 is 0 Å². The highest BCUT2D eigenvalue weighted by molar-refractivity contribution is 6.83. The van der Waals surface area contributed by atoms with Crippen LogP contribution in [0.2, 0.25) is 19.6 Å². The van der Waals surface area contributed by atoms with Gasteiger partial charge in [-0.05, 0) is 0 Å². The molecule has 7 heteroatoms. The predicted molar refractivity (Wildman–Crippen MR) is 106 cm³/mol. The molecule has 0 amide bonds. The van der Waals surface area contributed by atoms with Gasteiger partial charge in [-0.2, -0.15) is 0 Å². The number of hydrogen-bond acceptors (Lipinski definition) is 4. The monoisotopic (exact) mass is 358 g/mol. The molecule has 0 saturated carbocycles. The summed E-state index contributed by atoms with van der Waals surface area (Å²) < 4.78 is 0. The maximum Gasteiger partial charge on any atom is 0.141 e. The molecule has 0 aromatic carbocycles. The van der Waals surface area contributed by atoms with Gasteiger partial charge in [-0.1, -0.05) is 31.5 Å². The van der Waals surface area contributed by atoms with Gasteiger partial charge in [0.2, 0.25) is 0 Å². The molecule has 128 valence electrons. The van der Waals surface area contributed by atoms with Gasteiger partial charge in [0.05, 0.1) is 21.9 Å². The Morgan fingerprint density at radius 2 is 1.42 bits per heavy atom. The number of fused-ring (bicyclic) bond motifs is 2. The van der Waals surface area contributed by atoms with E-state index < -0.39 is 8.07 Å². The highest BCUT2D eigenvalue weighted by Gasteiger charge is 2.08. The van der Waals surface area contributed by atoms with Crippen molar-refractivity contribution in [1.29, 1.82) is 0 Å². The third kappa shape index (κ3) is 3.97. The molecule has 4 rings (SSSR count). The molecule has 0 saturated heterocycles. The van der Waals surface area contributed by atoms with Crippen molar-refractivity contribution in [3.63, 3.8) is 0 Å². The summed E-state index contributed by atoms with van der Waals surface area (Å²) in [5, 5.41) is 1.90. The summed E-state index contributed by atoms with van der Waals surface area (Å²) in [6, 6.07) is 0. The van der Waals surface area contributed by atoms with Crippen LogP contribution in [0.5, 0.6) is 0 Å². The van der Waals surface area contributed by atoms with E-state index in [1.165, 1.54) is 12.7 Å². The molecule has 0 atom stereocenters. The van der Waals surface area contributed by atoms with E-state index in [0.29, 0.717) is 0 Å². The first-order valence-corrected chi connectivity index (χ1v) is 11.5. The molecule has 2 N–H and O–H groups in total. The minimum atomic E-state index is -1.32. The molecular weight excluding hydrogens is 340 g/mol. The number of aromatic amines is 2. The van der Waals surface area contributed by atoms with Crippen molar-refractivity contribution in [3.05, 3.63) is 48.6 Å². The SMILES string of the molecule is C#Cc1c[nH]c2ncncc12.C[Si](C)(C)C#Cc1c[nH]c2ncncc12. The zero-order chi connectivity index (χ0) is 18.6. The van der Waals surface area contributed by atoms with E-state index in [-0.39, 0.29) is 0 Å². The lowest BCUT2D eigenvalue weighted by atomic mass is 10.3. The number of nitrogens with zero attached hydrogens (tertiary/aromatic N) is 4. The number of hydrogen-bond donors (Lipinski definition) is 2. The lowest BCUT2D eigenvalue weighted by molar-refractivity contribution is 1.20. The largest absolute Gasteiger partial charge is 0.345 e. The van der Waals surface area contributed by atoms with Crippen molar-refractivity contribution in [2.24, 2.45) is 0 Å². The van der Waals surface area contributed by atoms with E-state index in [0.717, 1.165) is 33.2 Å². The summed E-state index contributed by atoms with van der Waals surface area (Å²) in [5.74, 6) is 5.75. The van der Waals surface area contributed by atoms with Crippen LogP contribution in [0, 0.1) is 23.8 Å². The number of nitrogens with one attached hydrogen (secondary N) is 2. The smallest absolute Gasteiger partial charge is 0.141 e. The molecule has 4 aromatic heterocycles. The highest BCUT2D eigenvalue weighted by atomic mass is 28.3. The summed E-state index contributed by atoms with van der Waals surface area (Å²) >= 11 is 0. The summed E-state index contributed by atoms with van der Waals surface area (Å²) in [5.41, 5.74) is 6.77. The van der Waals surface area contributed by atoms with Crippen molar-refractivity contribution < 1.29 is 0 Å². The van der Waals surface area contributed by atoms with Crippen molar-refractivity contribution in [2.45, 2.75) is 19.6 Å².